The van der Waals surface area contributed by atoms with Gasteiger partial charge in [-0.15, -0.1) is 0 Å². The summed E-state index contributed by atoms with van der Waals surface area (Å²) in [6.07, 6.45) is 1.42. The lowest BCUT2D eigenvalue weighted by Gasteiger charge is -2.36. The molecule has 0 saturated carbocycles. The van der Waals surface area contributed by atoms with Crippen LogP contribution in [0.3, 0.4) is 0 Å². The van der Waals surface area contributed by atoms with E-state index in [9.17, 15) is 10.2 Å². The molecule has 0 radical (unpaired) electrons. The quantitative estimate of drug-likeness (QED) is 0.121. The van der Waals surface area contributed by atoms with Gasteiger partial charge in [-0.3, -0.25) is 4.90 Å². The number of nitrogens with zero attached hydrogens (tertiary/aromatic N) is 2. The highest BCUT2D eigenvalue weighted by atomic mass is 16.3. The summed E-state index contributed by atoms with van der Waals surface area (Å²) in [6, 6.07) is 65.1. The van der Waals surface area contributed by atoms with E-state index >= 15 is 0 Å². The summed E-state index contributed by atoms with van der Waals surface area (Å²) < 4.78 is 0. The van der Waals surface area contributed by atoms with Gasteiger partial charge in [-0.05, 0) is 96.4 Å². The lowest BCUT2D eigenvalue weighted by Crippen LogP contribution is -2.33. The monoisotopic (exact) mass is 836 g/mol. The minimum absolute atomic E-state index is 0.332. The molecule has 0 unspecified atom stereocenters. The normalized spacial score (nSPS) is 14.0. The third kappa shape index (κ3) is 7.02. The average molecular weight is 837 g/mol. The third-order valence-corrected chi connectivity index (χ3v) is 14.0. The molecule has 2 aliphatic carbocycles. The molecule has 0 saturated heterocycles. The SMILES string of the molecule is Cc1cc(CN(CCN(C)C)Cc2cc(C)cc(C3(Cc4ccccc4)c4ccccc4-c4ccccc43)c2O)c(O)c(C2(Cc3ccccc3)c3ccccc3-c3ccccc32)c1. The molecule has 2 aliphatic rings. The van der Waals surface area contributed by atoms with Crippen LogP contribution in [0.4, 0.5) is 0 Å². The van der Waals surface area contributed by atoms with Crippen LogP contribution in [0.2, 0.25) is 0 Å². The molecule has 0 amide bonds. The standard InChI is InChI=1S/C60H56N2O2/c1-41-33-45(57(63)55(35-41)59(37-43-19-7-5-8-20-43)51-27-15-11-23-47(51)48-24-12-16-28-52(48)59)39-62(32-31-61(3)4)40-46-34-42(2)36-56(58(46)64)60(38-44-21-9-6-10-22-44)53-29-17-13-25-49(53)50-26-14-18-30-54(50)60/h5-30,33-36,63-64H,31-32,37-40H2,1-4H3. The van der Waals surface area contributed by atoms with Crippen molar-refractivity contribution in [2.24, 2.45) is 0 Å². The fourth-order valence-corrected chi connectivity index (χ4v) is 11.2. The Morgan fingerprint density at radius 3 is 1.06 bits per heavy atom. The second-order valence-corrected chi connectivity index (χ2v) is 18.5. The smallest absolute Gasteiger partial charge is 0.124 e. The van der Waals surface area contributed by atoms with Gasteiger partial charge < -0.3 is 15.1 Å². The van der Waals surface area contributed by atoms with Crippen molar-refractivity contribution in [2.75, 3.05) is 27.2 Å². The lowest BCUT2D eigenvalue weighted by atomic mass is 9.67. The first-order valence-corrected chi connectivity index (χ1v) is 22.7. The fourth-order valence-electron chi connectivity index (χ4n) is 11.2. The topological polar surface area (TPSA) is 46.9 Å². The number of rotatable bonds is 13. The predicted molar refractivity (Wildman–Crippen MR) is 262 cm³/mol. The fraction of sp³-hybridized carbons (Fsp3) is 0.200. The van der Waals surface area contributed by atoms with Crippen molar-refractivity contribution < 1.29 is 10.2 Å². The molecule has 0 heterocycles. The molecule has 2 N–H and O–H groups in total. The van der Waals surface area contributed by atoms with Crippen LogP contribution >= 0.6 is 0 Å². The Kier molecular flexibility index (Phi) is 10.8. The Bertz CT molecular complexity index is 2700. The van der Waals surface area contributed by atoms with E-state index < -0.39 is 10.8 Å². The highest BCUT2D eigenvalue weighted by molar-refractivity contribution is 5.86. The number of aromatic hydroxyl groups is 2. The zero-order valence-corrected chi connectivity index (χ0v) is 37.4. The maximum Gasteiger partial charge on any atom is 0.124 e. The van der Waals surface area contributed by atoms with Crippen molar-refractivity contribution in [1.82, 2.24) is 9.80 Å². The highest BCUT2D eigenvalue weighted by Crippen LogP contribution is 2.58. The second kappa shape index (κ2) is 16.8. The van der Waals surface area contributed by atoms with Crippen LogP contribution in [0.15, 0.2) is 182 Å². The summed E-state index contributed by atoms with van der Waals surface area (Å²) in [4.78, 5) is 4.61. The molecule has 318 valence electrons. The molecule has 0 spiro atoms. The van der Waals surface area contributed by atoms with Crippen molar-refractivity contribution >= 4 is 0 Å². The van der Waals surface area contributed by atoms with Gasteiger partial charge in [0.2, 0.25) is 0 Å². The summed E-state index contributed by atoms with van der Waals surface area (Å²) in [5, 5.41) is 25.8. The summed E-state index contributed by atoms with van der Waals surface area (Å²) >= 11 is 0. The largest absolute Gasteiger partial charge is 0.507 e. The Balaban J connectivity index is 1.10. The summed E-state index contributed by atoms with van der Waals surface area (Å²) in [5.41, 5.74) is 16.8. The molecule has 4 nitrogen and oxygen atoms in total. The van der Waals surface area contributed by atoms with E-state index in [1.54, 1.807) is 0 Å². The van der Waals surface area contributed by atoms with Crippen LogP contribution in [0, 0.1) is 13.8 Å². The van der Waals surface area contributed by atoms with E-state index in [-0.39, 0.29) is 0 Å². The maximum atomic E-state index is 12.9. The molecule has 4 heteroatoms. The van der Waals surface area contributed by atoms with Crippen LogP contribution in [-0.4, -0.2) is 47.2 Å². The van der Waals surface area contributed by atoms with Gasteiger partial charge in [0.15, 0.2) is 0 Å². The number of benzene rings is 8. The number of hydrogen-bond donors (Lipinski definition) is 2. The van der Waals surface area contributed by atoms with E-state index in [4.69, 9.17) is 0 Å². The molecular formula is C60H56N2O2. The van der Waals surface area contributed by atoms with Crippen molar-refractivity contribution in [3.63, 3.8) is 0 Å². The zero-order chi connectivity index (χ0) is 44.0. The van der Waals surface area contributed by atoms with Crippen LogP contribution in [0.1, 0.15) is 66.8 Å². The van der Waals surface area contributed by atoms with Crippen molar-refractivity contribution in [3.05, 3.63) is 249 Å². The van der Waals surface area contributed by atoms with Gasteiger partial charge >= 0.3 is 0 Å². The predicted octanol–water partition coefficient (Wildman–Crippen LogP) is 12.4. The second-order valence-electron chi connectivity index (χ2n) is 18.5. The first kappa shape index (κ1) is 41.3. The number of aryl methyl sites for hydroxylation is 2. The van der Waals surface area contributed by atoms with Crippen molar-refractivity contribution in [3.8, 4) is 33.8 Å². The van der Waals surface area contributed by atoms with Crippen LogP contribution in [0.5, 0.6) is 11.5 Å². The molecule has 8 aromatic rings. The number of fused-ring (bicyclic) bond motifs is 6. The van der Waals surface area contributed by atoms with Gasteiger partial charge in [0.1, 0.15) is 11.5 Å². The van der Waals surface area contributed by atoms with Gasteiger partial charge in [0.05, 0.1) is 10.8 Å². The molecule has 8 aromatic carbocycles. The molecule has 10 rings (SSSR count). The summed E-state index contributed by atoms with van der Waals surface area (Å²) in [5.74, 6) is 0.663. The van der Waals surface area contributed by atoms with Gasteiger partial charge in [-0.25, -0.2) is 0 Å². The van der Waals surface area contributed by atoms with Crippen LogP contribution < -0.4 is 0 Å². The first-order chi connectivity index (χ1) is 31.2. The van der Waals surface area contributed by atoms with E-state index in [1.165, 1.54) is 55.6 Å². The number of phenols is 2. The number of phenolic OH excluding ortho intramolecular Hbond substituents is 2. The highest BCUT2D eigenvalue weighted by Gasteiger charge is 2.48. The molecular weight excluding hydrogens is 781 g/mol. The van der Waals surface area contributed by atoms with Gasteiger partial charge in [-0.1, -0.05) is 193 Å². The minimum Gasteiger partial charge on any atom is -0.507 e. The van der Waals surface area contributed by atoms with E-state index in [0.717, 1.165) is 46.5 Å². The molecule has 0 aliphatic heterocycles. The van der Waals surface area contributed by atoms with Gasteiger partial charge in [0, 0.05) is 48.4 Å². The number of likely N-dealkylation sites (N-methyl/N-ethyl adjacent to an activating group) is 1. The van der Waals surface area contributed by atoms with E-state index in [1.807, 2.05) is 0 Å². The van der Waals surface area contributed by atoms with Crippen molar-refractivity contribution in [2.45, 2.75) is 50.6 Å². The van der Waals surface area contributed by atoms with Gasteiger partial charge in [0.25, 0.3) is 0 Å². The van der Waals surface area contributed by atoms with E-state index in [2.05, 4.69) is 220 Å². The van der Waals surface area contributed by atoms with Gasteiger partial charge in [-0.2, -0.15) is 0 Å². The maximum absolute atomic E-state index is 12.9. The summed E-state index contributed by atoms with van der Waals surface area (Å²) in [6.45, 7) is 6.87. The Morgan fingerprint density at radius 2 is 0.719 bits per heavy atom. The Morgan fingerprint density at radius 1 is 0.391 bits per heavy atom. The van der Waals surface area contributed by atoms with Crippen molar-refractivity contribution in [1.29, 1.82) is 0 Å². The summed E-state index contributed by atoms with van der Waals surface area (Å²) in [7, 11) is 4.21. The van der Waals surface area contributed by atoms with Crippen LogP contribution in [0.25, 0.3) is 22.3 Å². The molecule has 0 atom stereocenters. The first-order valence-electron chi connectivity index (χ1n) is 22.7. The third-order valence-electron chi connectivity index (χ3n) is 14.0. The lowest BCUT2D eigenvalue weighted by molar-refractivity contribution is 0.221. The Hall–Kier alpha value is -6.72. The molecule has 0 bridgehead atoms. The molecule has 0 aromatic heterocycles. The minimum atomic E-state index is -0.613. The molecule has 0 fully saturated rings. The zero-order valence-electron chi connectivity index (χ0n) is 37.4. The number of hydrogen-bond acceptors (Lipinski definition) is 4. The Labute approximate surface area is 378 Å². The average Bonchev–Trinajstić information content (AvgIpc) is 3.76. The van der Waals surface area contributed by atoms with E-state index in [0.29, 0.717) is 37.4 Å². The molecule has 64 heavy (non-hydrogen) atoms. The van der Waals surface area contributed by atoms with Crippen LogP contribution in [-0.2, 0) is 36.8 Å².